The lowest BCUT2D eigenvalue weighted by molar-refractivity contribution is -0.120. The maximum absolute atomic E-state index is 13.5. The van der Waals surface area contributed by atoms with Crippen molar-refractivity contribution in [3.8, 4) is 0 Å². The summed E-state index contributed by atoms with van der Waals surface area (Å²) < 4.78 is 0. The van der Waals surface area contributed by atoms with Crippen LogP contribution in [0.5, 0.6) is 0 Å². The SMILES string of the molecule is Cc1ccc(C2=C(N3CCN(C)CC3)C(=O)N(c3cccc(C)c3)C2=O)cc1. The van der Waals surface area contributed by atoms with Gasteiger partial charge in [0.1, 0.15) is 5.70 Å². The molecule has 2 aliphatic rings. The first kappa shape index (κ1) is 18.4. The van der Waals surface area contributed by atoms with Crippen molar-refractivity contribution in [2.75, 3.05) is 38.1 Å². The Labute approximate surface area is 165 Å². The van der Waals surface area contributed by atoms with E-state index in [1.165, 1.54) is 4.90 Å². The van der Waals surface area contributed by atoms with Gasteiger partial charge in [0, 0.05) is 26.2 Å². The zero-order chi connectivity index (χ0) is 19.8. The molecule has 0 spiro atoms. The van der Waals surface area contributed by atoms with Crippen LogP contribution in [0.15, 0.2) is 54.2 Å². The molecule has 1 saturated heterocycles. The predicted octanol–water partition coefficient (Wildman–Crippen LogP) is 2.84. The van der Waals surface area contributed by atoms with E-state index in [-0.39, 0.29) is 11.8 Å². The summed E-state index contributed by atoms with van der Waals surface area (Å²) in [6.07, 6.45) is 0. The molecule has 144 valence electrons. The van der Waals surface area contributed by atoms with Gasteiger partial charge < -0.3 is 9.80 Å². The fourth-order valence-electron chi connectivity index (χ4n) is 3.82. The number of rotatable bonds is 3. The Morgan fingerprint density at radius 3 is 2.11 bits per heavy atom. The van der Waals surface area contributed by atoms with Crippen LogP contribution in [0.4, 0.5) is 5.69 Å². The number of aryl methyl sites for hydroxylation is 2. The van der Waals surface area contributed by atoms with Gasteiger partial charge in [-0.2, -0.15) is 0 Å². The van der Waals surface area contributed by atoms with Crippen LogP contribution < -0.4 is 4.90 Å². The Hall–Kier alpha value is -2.92. The summed E-state index contributed by atoms with van der Waals surface area (Å²) in [5.41, 5.74) is 4.61. The predicted molar refractivity (Wildman–Crippen MR) is 111 cm³/mol. The first-order valence-corrected chi connectivity index (χ1v) is 9.66. The molecule has 0 bridgehead atoms. The van der Waals surface area contributed by atoms with Gasteiger partial charge in [-0.05, 0) is 44.2 Å². The summed E-state index contributed by atoms with van der Waals surface area (Å²) in [4.78, 5) is 32.5. The van der Waals surface area contributed by atoms with Crippen molar-refractivity contribution in [2.24, 2.45) is 0 Å². The van der Waals surface area contributed by atoms with Crippen LogP contribution in [0.3, 0.4) is 0 Å². The fraction of sp³-hybridized carbons (Fsp3) is 0.304. The van der Waals surface area contributed by atoms with E-state index in [4.69, 9.17) is 0 Å². The Morgan fingerprint density at radius 2 is 1.46 bits per heavy atom. The molecule has 2 amide bonds. The summed E-state index contributed by atoms with van der Waals surface area (Å²) in [6.45, 7) is 7.20. The van der Waals surface area contributed by atoms with Gasteiger partial charge in [0.2, 0.25) is 0 Å². The van der Waals surface area contributed by atoms with Crippen molar-refractivity contribution in [3.63, 3.8) is 0 Å². The highest BCUT2D eigenvalue weighted by molar-refractivity contribution is 6.45. The molecule has 0 saturated carbocycles. The van der Waals surface area contributed by atoms with Crippen molar-refractivity contribution < 1.29 is 9.59 Å². The molecular formula is C23H25N3O2. The number of piperazine rings is 1. The van der Waals surface area contributed by atoms with Gasteiger partial charge in [-0.1, -0.05) is 42.0 Å². The third-order valence-electron chi connectivity index (χ3n) is 5.48. The Bertz CT molecular complexity index is 954. The van der Waals surface area contributed by atoms with E-state index in [2.05, 4.69) is 16.8 Å². The van der Waals surface area contributed by atoms with E-state index in [1.807, 2.05) is 62.4 Å². The second-order valence-electron chi connectivity index (χ2n) is 7.66. The quantitative estimate of drug-likeness (QED) is 0.774. The number of amides is 2. The highest BCUT2D eigenvalue weighted by atomic mass is 16.2. The number of likely N-dealkylation sites (N-methyl/N-ethyl adjacent to an activating group) is 1. The van der Waals surface area contributed by atoms with Crippen LogP contribution in [0.1, 0.15) is 16.7 Å². The molecule has 2 aliphatic heterocycles. The van der Waals surface area contributed by atoms with Crippen molar-refractivity contribution in [3.05, 3.63) is 70.9 Å². The second kappa shape index (κ2) is 7.24. The van der Waals surface area contributed by atoms with Gasteiger partial charge >= 0.3 is 0 Å². The lowest BCUT2D eigenvalue weighted by Crippen LogP contribution is -2.46. The summed E-state index contributed by atoms with van der Waals surface area (Å²) in [5, 5.41) is 0. The molecule has 0 atom stereocenters. The second-order valence-corrected chi connectivity index (χ2v) is 7.66. The lowest BCUT2D eigenvalue weighted by Gasteiger charge is -2.34. The number of carbonyl (C=O) groups excluding carboxylic acids is 2. The molecule has 0 aromatic heterocycles. The van der Waals surface area contributed by atoms with Crippen LogP contribution in [0.2, 0.25) is 0 Å². The summed E-state index contributed by atoms with van der Waals surface area (Å²) >= 11 is 0. The first-order valence-electron chi connectivity index (χ1n) is 9.66. The largest absolute Gasteiger partial charge is 0.364 e. The van der Waals surface area contributed by atoms with Gasteiger partial charge in [0.05, 0.1) is 11.3 Å². The lowest BCUT2D eigenvalue weighted by atomic mass is 10.0. The van der Waals surface area contributed by atoms with E-state index in [9.17, 15) is 9.59 Å². The molecule has 5 nitrogen and oxygen atoms in total. The molecule has 0 aliphatic carbocycles. The van der Waals surface area contributed by atoms with Gasteiger partial charge in [0.25, 0.3) is 11.8 Å². The molecule has 2 aromatic carbocycles. The third kappa shape index (κ3) is 3.22. The molecular weight excluding hydrogens is 350 g/mol. The Balaban J connectivity index is 1.81. The third-order valence-corrected chi connectivity index (χ3v) is 5.48. The van der Waals surface area contributed by atoms with E-state index in [1.54, 1.807) is 0 Å². The van der Waals surface area contributed by atoms with E-state index in [0.29, 0.717) is 17.0 Å². The molecule has 4 rings (SSSR count). The Kier molecular flexibility index (Phi) is 4.77. The minimum absolute atomic E-state index is 0.226. The highest BCUT2D eigenvalue weighted by Gasteiger charge is 2.42. The molecule has 28 heavy (non-hydrogen) atoms. The Morgan fingerprint density at radius 1 is 0.786 bits per heavy atom. The first-order chi connectivity index (χ1) is 13.5. The summed E-state index contributed by atoms with van der Waals surface area (Å²) in [6, 6.07) is 15.4. The molecule has 2 heterocycles. The molecule has 0 radical (unpaired) electrons. The average molecular weight is 375 g/mol. The monoisotopic (exact) mass is 375 g/mol. The van der Waals surface area contributed by atoms with Crippen LogP contribution in [-0.2, 0) is 9.59 Å². The number of hydrogen-bond acceptors (Lipinski definition) is 4. The van der Waals surface area contributed by atoms with Crippen LogP contribution in [0.25, 0.3) is 5.57 Å². The van der Waals surface area contributed by atoms with Crippen LogP contribution in [-0.4, -0.2) is 54.8 Å². The zero-order valence-electron chi connectivity index (χ0n) is 16.6. The van der Waals surface area contributed by atoms with Gasteiger partial charge in [-0.3, -0.25) is 9.59 Å². The zero-order valence-corrected chi connectivity index (χ0v) is 16.6. The number of hydrogen-bond donors (Lipinski definition) is 0. The minimum atomic E-state index is -0.242. The van der Waals surface area contributed by atoms with Crippen molar-refractivity contribution >= 4 is 23.1 Å². The number of nitrogens with zero attached hydrogens (tertiary/aromatic N) is 3. The van der Waals surface area contributed by atoms with Crippen LogP contribution in [0, 0.1) is 13.8 Å². The topological polar surface area (TPSA) is 43.9 Å². The molecule has 1 fully saturated rings. The molecule has 5 heteroatoms. The van der Waals surface area contributed by atoms with Gasteiger partial charge in [-0.15, -0.1) is 0 Å². The van der Waals surface area contributed by atoms with Crippen molar-refractivity contribution in [2.45, 2.75) is 13.8 Å². The normalized spacial score (nSPS) is 18.4. The van der Waals surface area contributed by atoms with E-state index < -0.39 is 0 Å². The van der Waals surface area contributed by atoms with Gasteiger partial charge in [0.15, 0.2) is 0 Å². The molecule has 2 aromatic rings. The maximum atomic E-state index is 13.5. The number of imide groups is 1. The average Bonchev–Trinajstić information content (AvgIpc) is 2.93. The summed E-state index contributed by atoms with van der Waals surface area (Å²) in [5.74, 6) is -0.468. The van der Waals surface area contributed by atoms with Crippen molar-refractivity contribution in [1.82, 2.24) is 9.80 Å². The maximum Gasteiger partial charge on any atom is 0.282 e. The minimum Gasteiger partial charge on any atom is -0.364 e. The fourth-order valence-corrected chi connectivity index (χ4v) is 3.82. The number of benzene rings is 2. The smallest absolute Gasteiger partial charge is 0.282 e. The molecule has 0 unspecified atom stereocenters. The van der Waals surface area contributed by atoms with E-state index >= 15 is 0 Å². The number of anilines is 1. The van der Waals surface area contributed by atoms with Crippen molar-refractivity contribution in [1.29, 1.82) is 0 Å². The standard InChI is InChI=1S/C23H25N3O2/c1-16-7-9-18(10-8-16)20-21(25-13-11-24(3)12-14-25)23(28)26(22(20)27)19-6-4-5-17(2)15-19/h4-10,15H,11-14H2,1-3H3. The summed E-state index contributed by atoms with van der Waals surface area (Å²) in [7, 11) is 2.08. The van der Waals surface area contributed by atoms with E-state index in [0.717, 1.165) is 42.9 Å². The number of carbonyl (C=O) groups is 2. The van der Waals surface area contributed by atoms with Gasteiger partial charge in [-0.25, -0.2) is 4.90 Å². The van der Waals surface area contributed by atoms with Crippen LogP contribution >= 0.6 is 0 Å². The highest BCUT2D eigenvalue weighted by Crippen LogP contribution is 2.35. The molecule has 0 N–H and O–H groups in total.